The van der Waals surface area contributed by atoms with Gasteiger partial charge in [0.1, 0.15) is 5.69 Å². The lowest BCUT2D eigenvalue weighted by molar-refractivity contribution is 0.619. The summed E-state index contributed by atoms with van der Waals surface area (Å²) in [5, 5.41) is 8.45. The quantitative estimate of drug-likeness (QED) is 0.791. The molecule has 3 rings (SSSR count). The molecule has 0 saturated heterocycles. The van der Waals surface area contributed by atoms with Gasteiger partial charge in [-0.1, -0.05) is 35.0 Å². The van der Waals surface area contributed by atoms with Gasteiger partial charge in [0.05, 0.1) is 18.1 Å². The van der Waals surface area contributed by atoms with Crippen molar-refractivity contribution in [3.8, 4) is 0 Å². The van der Waals surface area contributed by atoms with E-state index in [-0.39, 0.29) is 0 Å². The molecule has 0 spiro atoms. The lowest BCUT2D eigenvalue weighted by Crippen LogP contribution is -2.06. The third-order valence-corrected chi connectivity index (χ3v) is 3.61. The summed E-state index contributed by atoms with van der Waals surface area (Å²) in [4.78, 5) is 0. The fourth-order valence-corrected chi connectivity index (χ4v) is 2.55. The van der Waals surface area contributed by atoms with Crippen LogP contribution in [0.15, 0.2) is 24.3 Å². The van der Waals surface area contributed by atoms with E-state index in [9.17, 15) is 0 Å². The normalized spacial score (nSPS) is 15.0. The first-order valence-electron chi connectivity index (χ1n) is 6.31. The van der Waals surface area contributed by atoms with Crippen LogP contribution in [0.1, 0.15) is 41.3 Å². The first-order valence-corrected chi connectivity index (χ1v) is 6.85. The minimum absolute atomic E-state index is 0.458. The zero-order valence-electron chi connectivity index (χ0n) is 10.4. The van der Waals surface area contributed by atoms with E-state index in [0.717, 1.165) is 12.2 Å². The number of halogens is 1. The van der Waals surface area contributed by atoms with E-state index >= 15 is 0 Å². The molecule has 3 nitrogen and oxygen atoms in total. The number of alkyl halides is 1. The van der Waals surface area contributed by atoms with Crippen LogP contribution in [0.25, 0.3) is 0 Å². The topological polar surface area (TPSA) is 30.7 Å². The largest absolute Gasteiger partial charge is 0.244 e. The Bertz CT molecular complexity index is 558. The summed E-state index contributed by atoms with van der Waals surface area (Å²) >= 11 is 5.93. The number of hydrogen-bond acceptors (Lipinski definition) is 2. The molecular weight excluding hydrogens is 246 g/mol. The maximum atomic E-state index is 5.93. The van der Waals surface area contributed by atoms with E-state index in [0.29, 0.717) is 11.8 Å². The molecule has 0 N–H and O–H groups in total. The van der Waals surface area contributed by atoms with Crippen LogP contribution in [0.4, 0.5) is 0 Å². The molecule has 0 atom stereocenters. The van der Waals surface area contributed by atoms with Crippen molar-refractivity contribution in [3.05, 3.63) is 46.8 Å². The molecule has 0 radical (unpaired) electrons. The van der Waals surface area contributed by atoms with Crippen molar-refractivity contribution < 1.29 is 0 Å². The van der Waals surface area contributed by atoms with Gasteiger partial charge in [0.15, 0.2) is 0 Å². The Morgan fingerprint density at radius 1 is 1.39 bits per heavy atom. The van der Waals surface area contributed by atoms with E-state index in [1.54, 1.807) is 0 Å². The molecule has 2 aromatic rings. The molecule has 1 aromatic carbocycles. The summed E-state index contributed by atoms with van der Waals surface area (Å²) < 4.78 is 2.02. The van der Waals surface area contributed by atoms with Gasteiger partial charge in [0.25, 0.3) is 0 Å². The zero-order chi connectivity index (χ0) is 12.5. The zero-order valence-corrected chi connectivity index (χ0v) is 11.2. The summed E-state index contributed by atoms with van der Waals surface area (Å²) in [6.45, 7) is 2.90. The molecule has 1 aromatic heterocycles. The first kappa shape index (κ1) is 11.7. The standard InChI is InChI=1S/C14H16ClN3/c1-10-3-2-4-11(7-10)9-18-14(12-5-6-12)13(8-15)16-17-18/h2-4,7,12H,5-6,8-9H2,1H3. The van der Waals surface area contributed by atoms with Crippen molar-refractivity contribution in [2.24, 2.45) is 0 Å². The Morgan fingerprint density at radius 3 is 2.89 bits per heavy atom. The van der Waals surface area contributed by atoms with Crippen LogP contribution in [0, 0.1) is 6.92 Å². The molecule has 0 amide bonds. The summed E-state index contributed by atoms with van der Waals surface area (Å²) in [5.41, 5.74) is 4.74. The number of aryl methyl sites for hydroxylation is 1. The fraction of sp³-hybridized carbons (Fsp3) is 0.429. The molecule has 18 heavy (non-hydrogen) atoms. The van der Waals surface area contributed by atoms with Crippen molar-refractivity contribution >= 4 is 11.6 Å². The third-order valence-electron chi connectivity index (χ3n) is 3.35. The van der Waals surface area contributed by atoms with Crippen LogP contribution in [0.5, 0.6) is 0 Å². The highest BCUT2D eigenvalue weighted by Crippen LogP contribution is 2.41. The smallest absolute Gasteiger partial charge is 0.101 e. The molecule has 0 aliphatic heterocycles. The molecule has 1 heterocycles. The van der Waals surface area contributed by atoms with Gasteiger partial charge in [0, 0.05) is 5.92 Å². The van der Waals surface area contributed by atoms with Gasteiger partial charge in [-0.05, 0) is 25.3 Å². The van der Waals surface area contributed by atoms with E-state index < -0.39 is 0 Å². The van der Waals surface area contributed by atoms with Crippen LogP contribution in [-0.2, 0) is 12.4 Å². The summed E-state index contributed by atoms with van der Waals surface area (Å²) in [6, 6.07) is 8.52. The van der Waals surface area contributed by atoms with Crippen molar-refractivity contribution in [1.29, 1.82) is 0 Å². The Labute approximate surface area is 112 Å². The Morgan fingerprint density at radius 2 is 2.22 bits per heavy atom. The maximum Gasteiger partial charge on any atom is 0.101 e. The van der Waals surface area contributed by atoms with Crippen molar-refractivity contribution in [2.75, 3.05) is 0 Å². The lowest BCUT2D eigenvalue weighted by atomic mass is 10.1. The van der Waals surface area contributed by atoms with Gasteiger partial charge >= 0.3 is 0 Å². The monoisotopic (exact) mass is 261 g/mol. The van der Waals surface area contributed by atoms with Crippen LogP contribution in [0.3, 0.4) is 0 Å². The average Bonchev–Trinajstić information content (AvgIpc) is 3.11. The second kappa shape index (κ2) is 4.73. The predicted octanol–water partition coefficient (Wildman–Crippen LogP) is 3.25. The SMILES string of the molecule is Cc1cccc(Cn2nnc(CCl)c2C2CC2)c1. The lowest BCUT2D eigenvalue weighted by Gasteiger charge is -2.07. The minimum atomic E-state index is 0.458. The Balaban J connectivity index is 1.90. The summed E-state index contributed by atoms with van der Waals surface area (Å²) in [7, 11) is 0. The maximum absolute atomic E-state index is 5.93. The van der Waals surface area contributed by atoms with Gasteiger partial charge < -0.3 is 0 Å². The average molecular weight is 262 g/mol. The van der Waals surface area contributed by atoms with E-state index in [4.69, 9.17) is 11.6 Å². The number of aromatic nitrogens is 3. The first-order chi connectivity index (χ1) is 8.78. The molecule has 1 aliphatic rings. The van der Waals surface area contributed by atoms with E-state index in [1.165, 1.54) is 29.7 Å². The molecule has 94 valence electrons. The molecule has 1 saturated carbocycles. The summed E-state index contributed by atoms with van der Waals surface area (Å²) in [6.07, 6.45) is 2.48. The fourth-order valence-electron chi connectivity index (χ4n) is 2.35. The highest BCUT2D eigenvalue weighted by molar-refractivity contribution is 6.16. The molecule has 1 fully saturated rings. The van der Waals surface area contributed by atoms with Gasteiger partial charge in [-0.2, -0.15) is 0 Å². The molecule has 0 bridgehead atoms. The van der Waals surface area contributed by atoms with Gasteiger partial charge in [-0.15, -0.1) is 16.7 Å². The minimum Gasteiger partial charge on any atom is -0.244 e. The number of hydrogen-bond donors (Lipinski definition) is 0. The van der Waals surface area contributed by atoms with Crippen molar-refractivity contribution in [3.63, 3.8) is 0 Å². The van der Waals surface area contributed by atoms with Crippen LogP contribution < -0.4 is 0 Å². The van der Waals surface area contributed by atoms with Gasteiger partial charge in [-0.25, -0.2) is 4.68 Å². The van der Waals surface area contributed by atoms with E-state index in [2.05, 4.69) is 41.5 Å². The van der Waals surface area contributed by atoms with Crippen LogP contribution >= 0.6 is 11.6 Å². The predicted molar refractivity (Wildman–Crippen MR) is 71.8 cm³/mol. The Kier molecular flexibility index (Phi) is 3.08. The van der Waals surface area contributed by atoms with E-state index in [1.807, 2.05) is 4.68 Å². The van der Waals surface area contributed by atoms with Crippen LogP contribution in [-0.4, -0.2) is 15.0 Å². The highest BCUT2D eigenvalue weighted by Gasteiger charge is 2.30. The number of nitrogens with zero attached hydrogens (tertiary/aromatic N) is 3. The second-order valence-corrected chi connectivity index (χ2v) is 5.24. The van der Waals surface area contributed by atoms with Crippen LogP contribution in [0.2, 0.25) is 0 Å². The molecule has 0 unspecified atom stereocenters. The summed E-state index contributed by atoms with van der Waals surface area (Å²) in [5.74, 6) is 1.08. The highest BCUT2D eigenvalue weighted by atomic mass is 35.5. The Hall–Kier alpha value is -1.35. The van der Waals surface area contributed by atoms with Crippen molar-refractivity contribution in [2.45, 2.75) is 38.1 Å². The number of benzene rings is 1. The van der Waals surface area contributed by atoms with Gasteiger partial charge in [0.2, 0.25) is 0 Å². The number of rotatable bonds is 4. The molecular formula is C14H16ClN3. The molecule has 1 aliphatic carbocycles. The third kappa shape index (κ3) is 2.27. The van der Waals surface area contributed by atoms with Gasteiger partial charge in [-0.3, -0.25) is 0 Å². The second-order valence-electron chi connectivity index (χ2n) is 4.98. The molecule has 4 heteroatoms. The van der Waals surface area contributed by atoms with Crippen molar-refractivity contribution in [1.82, 2.24) is 15.0 Å².